The molecule has 0 bridgehead atoms. The Kier molecular flexibility index (Phi) is 4.47. The van der Waals surface area contributed by atoms with E-state index in [1.165, 1.54) is 12.1 Å². The van der Waals surface area contributed by atoms with Gasteiger partial charge in [0, 0.05) is 16.7 Å². The van der Waals surface area contributed by atoms with E-state index in [1.54, 1.807) is 23.9 Å². The minimum Gasteiger partial charge on any atom is -0.368 e. The molecule has 0 radical (unpaired) electrons. The van der Waals surface area contributed by atoms with E-state index in [1.807, 2.05) is 6.92 Å². The number of nitrogens with one attached hydrogen (secondary N) is 1. The van der Waals surface area contributed by atoms with Crippen LogP contribution in [-0.2, 0) is 4.79 Å². The maximum atomic E-state index is 12.8. The van der Waals surface area contributed by atoms with Crippen LogP contribution in [-0.4, -0.2) is 23.2 Å². The van der Waals surface area contributed by atoms with Gasteiger partial charge in [0.2, 0.25) is 5.91 Å². The summed E-state index contributed by atoms with van der Waals surface area (Å²) in [5, 5.41) is 3.31. The molecule has 3 nitrogen and oxygen atoms in total. The zero-order chi connectivity index (χ0) is 13.9. The monoisotopic (exact) mass is 282 g/mol. The second kappa shape index (κ2) is 5.92. The zero-order valence-corrected chi connectivity index (χ0v) is 11.8. The van der Waals surface area contributed by atoms with Crippen molar-refractivity contribution in [2.45, 2.75) is 42.7 Å². The first-order chi connectivity index (χ1) is 8.99. The molecule has 0 spiro atoms. The topological polar surface area (TPSA) is 55.1 Å². The molecule has 1 fully saturated rings. The van der Waals surface area contributed by atoms with Crippen LogP contribution >= 0.6 is 11.8 Å². The number of rotatable bonds is 7. The van der Waals surface area contributed by atoms with E-state index in [0.717, 1.165) is 23.5 Å². The van der Waals surface area contributed by atoms with Gasteiger partial charge in [-0.15, -0.1) is 11.8 Å². The highest BCUT2D eigenvalue weighted by atomic mass is 32.2. The Balaban J connectivity index is 1.84. The lowest BCUT2D eigenvalue weighted by atomic mass is 9.98. The van der Waals surface area contributed by atoms with Gasteiger partial charge in [-0.2, -0.15) is 0 Å². The van der Waals surface area contributed by atoms with Crippen molar-refractivity contribution in [3.63, 3.8) is 0 Å². The molecule has 0 heterocycles. The first kappa shape index (κ1) is 14.3. The lowest BCUT2D eigenvalue weighted by molar-refractivity contribution is -0.124. The summed E-state index contributed by atoms with van der Waals surface area (Å²) >= 11 is 1.61. The van der Waals surface area contributed by atoms with E-state index in [2.05, 4.69) is 5.32 Å². The number of nitrogens with two attached hydrogens (primary N) is 1. The van der Waals surface area contributed by atoms with Crippen LogP contribution in [0.1, 0.15) is 26.2 Å². The second-order valence-electron chi connectivity index (χ2n) is 5.17. The normalized spacial score (nSPS) is 18.0. The van der Waals surface area contributed by atoms with Crippen LogP contribution in [0.4, 0.5) is 4.39 Å². The fourth-order valence-electron chi connectivity index (χ4n) is 1.85. The number of primary amides is 1. The Bertz CT molecular complexity index is 447. The molecule has 1 unspecified atom stereocenters. The standard InChI is InChI=1S/C14H19FN2OS/c1-14(13(16)18,17-11-4-5-11)8-9-19-12-6-2-10(15)3-7-12/h2-3,6-7,11,17H,4-5,8-9H2,1H3,(H2,16,18). The van der Waals surface area contributed by atoms with Gasteiger partial charge in [-0.05, 0) is 50.5 Å². The van der Waals surface area contributed by atoms with Gasteiger partial charge in [-0.25, -0.2) is 4.39 Å². The molecular weight excluding hydrogens is 263 g/mol. The summed E-state index contributed by atoms with van der Waals surface area (Å²) in [7, 11) is 0. The van der Waals surface area contributed by atoms with Gasteiger partial charge < -0.3 is 11.1 Å². The fourth-order valence-corrected chi connectivity index (χ4v) is 2.92. The Labute approximate surface area is 117 Å². The summed E-state index contributed by atoms with van der Waals surface area (Å²) in [6, 6.07) is 6.82. The predicted octanol–water partition coefficient (Wildman–Crippen LogP) is 2.30. The average molecular weight is 282 g/mol. The Morgan fingerprint density at radius 2 is 2.11 bits per heavy atom. The van der Waals surface area contributed by atoms with Crippen molar-refractivity contribution in [2.75, 3.05) is 5.75 Å². The summed E-state index contributed by atoms with van der Waals surface area (Å²) in [6.07, 6.45) is 2.91. The molecule has 1 atom stereocenters. The number of hydrogen-bond donors (Lipinski definition) is 2. The van der Waals surface area contributed by atoms with Crippen molar-refractivity contribution in [2.24, 2.45) is 5.73 Å². The minimum absolute atomic E-state index is 0.235. The SMILES string of the molecule is CC(CCSc1ccc(F)cc1)(NC1CC1)C(N)=O. The highest BCUT2D eigenvalue weighted by Crippen LogP contribution is 2.26. The number of thioether (sulfide) groups is 1. The molecule has 1 amide bonds. The van der Waals surface area contributed by atoms with Gasteiger partial charge in [0.25, 0.3) is 0 Å². The van der Waals surface area contributed by atoms with Crippen molar-refractivity contribution < 1.29 is 9.18 Å². The number of halogens is 1. The average Bonchev–Trinajstić information content (AvgIpc) is 3.15. The van der Waals surface area contributed by atoms with Gasteiger partial charge in [0.05, 0.1) is 5.54 Å². The van der Waals surface area contributed by atoms with Crippen molar-refractivity contribution >= 4 is 17.7 Å². The van der Waals surface area contributed by atoms with Crippen LogP contribution < -0.4 is 11.1 Å². The van der Waals surface area contributed by atoms with Gasteiger partial charge in [0.15, 0.2) is 0 Å². The van der Waals surface area contributed by atoms with E-state index in [4.69, 9.17) is 5.73 Å². The van der Waals surface area contributed by atoms with Gasteiger partial charge in [-0.1, -0.05) is 0 Å². The molecule has 3 N–H and O–H groups in total. The Morgan fingerprint density at radius 1 is 1.47 bits per heavy atom. The molecule has 5 heteroatoms. The minimum atomic E-state index is -0.645. The van der Waals surface area contributed by atoms with Crippen molar-refractivity contribution in [1.82, 2.24) is 5.32 Å². The first-order valence-electron chi connectivity index (χ1n) is 6.45. The van der Waals surface area contributed by atoms with Crippen LogP contribution in [0.3, 0.4) is 0 Å². The number of carbonyl (C=O) groups is 1. The lowest BCUT2D eigenvalue weighted by Gasteiger charge is -2.27. The van der Waals surface area contributed by atoms with Gasteiger partial charge >= 0.3 is 0 Å². The van der Waals surface area contributed by atoms with Crippen molar-refractivity contribution in [3.8, 4) is 0 Å². The first-order valence-corrected chi connectivity index (χ1v) is 7.44. The quantitative estimate of drug-likeness (QED) is 0.755. The maximum absolute atomic E-state index is 12.8. The largest absolute Gasteiger partial charge is 0.368 e. The summed E-state index contributed by atoms with van der Waals surface area (Å²) in [6.45, 7) is 1.86. The summed E-state index contributed by atoms with van der Waals surface area (Å²) in [5.74, 6) is 0.228. The third kappa shape index (κ3) is 4.21. The molecule has 0 aliphatic heterocycles. The lowest BCUT2D eigenvalue weighted by Crippen LogP contribution is -2.54. The molecule has 0 aromatic heterocycles. The van der Waals surface area contributed by atoms with Gasteiger partial charge in [0.1, 0.15) is 5.82 Å². The van der Waals surface area contributed by atoms with Crippen LogP contribution in [0, 0.1) is 5.82 Å². The Morgan fingerprint density at radius 3 is 2.63 bits per heavy atom. The molecule has 1 aromatic carbocycles. The third-order valence-electron chi connectivity index (χ3n) is 3.33. The maximum Gasteiger partial charge on any atom is 0.237 e. The van der Waals surface area contributed by atoms with Crippen LogP contribution in [0.15, 0.2) is 29.2 Å². The molecular formula is C14H19FN2OS. The summed E-state index contributed by atoms with van der Waals surface area (Å²) < 4.78 is 12.8. The van der Waals surface area contributed by atoms with Crippen LogP contribution in [0.25, 0.3) is 0 Å². The van der Waals surface area contributed by atoms with Crippen LogP contribution in [0.5, 0.6) is 0 Å². The summed E-state index contributed by atoms with van der Waals surface area (Å²) in [5.41, 5.74) is 4.84. The summed E-state index contributed by atoms with van der Waals surface area (Å²) in [4.78, 5) is 12.6. The number of amides is 1. The van der Waals surface area contributed by atoms with Gasteiger partial charge in [-0.3, -0.25) is 4.79 Å². The Hall–Kier alpha value is -1.07. The molecule has 0 saturated heterocycles. The fraction of sp³-hybridized carbons (Fsp3) is 0.500. The molecule has 1 aromatic rings. The van der Waals surface area contributed by atoms with E-state index in [9.17, 15) is 9.18 Å². The predicted molar refractivity (Wildman–Crippen MR) is 75.5 cm³/mol. The van der Waals surface area contributed by atoms with E-state index < -0.39 is 5.54 Å². The van der Waals surface area contributed by atoms with E-state index in [0.29, 0.717) is 12.5 Å². The molecule has 1 aliphatic carbocycles. The van der Waals surface area contributed by atoms with Crippen molar-refractivity contribution in [1.29, 1.82) is 0 Å². The zero-order valence-electron chi connectivity index (χ0n) is 11.0. The molecule has 1 saturated carbocycles. The number of hydrogen-bond acceptors (Lipinski definition) is 3. The molecule has 19 heavy (non-hydrogen) atoms. The highest BCUT2D eigenvalue weighted by Gasteiger charge is 2.36. The smallest absolute Gasteiger partial charge is 0.237 e. The van der Waals surface area contributed by atoms with Crippen molar-refractivity contribution in [3.05, 3.63) is 30.1 Å². The number of carbonyl (C=O) groups excluding carboxylic acids is 1. The molecule has 1 aliphatic rings. The van der Waals surface area contributed by atoms with Crippen LogP contribution in [0.2, 0.25) is 0 Å². The number of benzene rings is 1. The molecule has 2 rings (SSSR count). The van der Waals surface area contributed by atoms with E-state index in [-0.39, 0.29) is 11.7 Å². The molecule has 104 valence electrons. The third-order valence-corrected chi connectivity index (χ3v) is 4.34. The highest BCUT2D eigenvalue weighted by molar-refractivity contribution is 7.99. The second-order valence-corrected chi connectivity index (χ2v) is 6.34. The van der Waals surface area contributed by atoms with E-state index >= 15 is 0 Å².